The van der Waals surface area contributed by atoms with E-state index in [4.69, 9.17) is 11.6 Å². The fourth-order valence-corrected chi connectivity index (χ4v) is 3.40. The molecule has 0 atom stereocenters. The highest BCUT2D eigenvalue weighted by Gasteiger charge is 2.10. The van der Waals surface area contributed by atoms with Crippen LogP contribution in [0.3, 0.4) is 0 Å². The van der Waals surface area contributed by atoms with Gasteiger partial charge in [0.25, 0.3) is 5.91 Å². The Morgan fingerprint density at radius 3 is 2.59 bits per heavy atom. The third-order valence-electron chi connectivity index (χ3n) is 4.64. The number of aromatic hydroxyl groups is 1. The molecule has 0 aliphatic rings. The summed E-state index contributed by atoms with van der Waals surface area (Å²) in [6, 6.07) is 22.0. The van der Waals surface area contributed by atoms with E-state index in [1.54, 1.807) is 18.3 Å². The molecule has 4 aromatic rings. The summed E-state index contributed by atoms with van der Waals surface area (Å²) in [7, 11) is 0. The number of nitrogens with one attached hydrogen (secondary N) is 1. The van der Waals surface area contributed by atoms with Crippen molar-refractivity contribution in [1.29, 1.82) is 0 Å². The molecule has 0 bridgehead atoms. The van der Waals surface area contributed by atoms with Crippen LogP contribution in [0.4, 0.5) is 0 Å². The highest BCUT2D eigenvalue weighted by molar-refractivity contribution is 6.31. The van der Waals surface area contributed by atoms with Crippen LogP contribution >= 0.6 is 11.6 Å². The molecule has 4 rings (SSSR count). The number of fused-ring (bicyclic) bond motifs is 1. The van der Waals surface area contributed by atoms with Gasteiger partial charge in [-0.25, -0.2) is 5.43 Å². The summed E-state index contributed by atoms with van der Waals surface area (Å²) >= 11 is 6.31. The van der Waals surface area contributed by atoms with Crippen molar-refractivity contribution in [1.82, 2.24) is 9.99 Å². The van der Waals surface area contributed by atoms with Crippen LogP contribution in [0.5, 0.6) is 5.75 Å². The molecule has 29 heavy (non-hydrogen) atoms. The van der Waals surface area contributed by atoms with Crippen molar-refractivity contribution in [2.75, 3.05) is 0 Å². The van der Waals surface area contributed by atoms with Crippen LogP contribution in [0.25, 0.3) is 10.9 Å². The van der Waals surface area contributed by atoms with Crippen molar-refractivity contribution in [2.24, 2.45) is 5.10 Å². The Bertz CT molecular complexity index is 1210. The lowest BCUT2D eigenvalue weighted by Crippen LogP contribution is -2.17. The molecule has 0 spiro atoms. The van der Waals surface area contributed by atoms with Crippen molar-refractivity contribution in [3.05, 3.63) is 101 Å². The van der Waals surface area contributed by atoms with Gasteiger partial charge in [-0.3, -0.25) is 4.79 Å². The summed E-state index contributed by atoms with van der Waals surface area (Å²) in [4.78, 5) is 12.2. The molecule has 1 heterocycles. The van der Waals surface area contributed by atoms with Crippen molar-refractivity contribution in [3.8, 4) is 5.75 Å². The summed E-state index contributed by atoms with van der Waals surface area (Å²) in [5, 5.41) is 15.6. The van der Waals surface area contributed by atoms with Gasteiger partial charge in [0.05, 0.1) is 11.8 Å². The first-order chi connectivity index (χ1) is 14.1. The SMILES string of the molecule is O=C(N/N=C\c1cn(Cc2ccccc2Cl)c2ccccc12)c1ccccc1O. The van der Waals surface area contributed by atoms with Gasteiger partial charge in [-0.05, 0) is 29.8 Å². The van der Waals surface area contributed by atoms with Gasteiger partial charge in [-0.1, -0.05) is 60.1 Å². The van der Waals surface area contributed by atoms with Crippen LogP contribution in [0.2, 0.25) is 5.02 Å². The minimum absolute atomic E-state index is 0.0865. The molecule has 5 nitrogen and oxygen atoms in total. The van der Waals surface area contributed by atoms with Gasteiger partial charge in [0.2, 0.25) is 0 Å². The molecule has 1 aromatic heterocycles. The number of hydrogen-bond acceptors (Lipinski definition) is 3. The lowest BCUT2D eigenvalue weighted by Gasteiger charge is -2.07. The van der Waals surface area contributed by atoms with Crippen molar-refractivity contribution < 1.29 is 9.90 Å². The molecule has 0 aliphatic heterocycles. The Balaban J connectivity index is 1.59. The number of para-hydroxylation sites is 2. The molecule has 0 fully saturated rings. The summed E-state index contributed by atoms with van der Waals surface area (Å²) in [6.45, 7) is 0.623. The Hall–Kier alpha value is -3.57. The number of hydrazone groups is 1. The molecule has 0 aliphatic carbocycles. The second kappa shape index (κ2) is 8.20. The summed E-state index contributed by atoms with van der Waals surface area (Å²) in [6.07, 6.45) is 3.58. The molecule has 2 N–H and O–H groups in total. The second-order valence-corrected chi connectivity index (χ2v) is 6.94. The summed E-state index contributed by atoms with van der Waals surface area (Å²) in [5.41, 5.74) is 5.56. The average Bonchev–Trinajstić information content (AvgIpc) is 3.08. The number of amides is 1. The molecule has 0 saturated carbocycles. The molecule has 1 amide bonds. The minimum atomic E-state index is -0.473. The van der Waals surface area contributed by atoms with Crippen LogP contribution in [-0.4, -0.2) is 21.8 Å². The van der Waals surface area contributed by atoms with Crippen LogP contribution in [0.1, 0.15) is 21.5 Å². The molecule has 6 heteroatoms. The van der Waals surface area contributed by atoms with E-state index in [2.05, 4.69) is 15.1 Å². The monoisotopic (exact) mass is 403 g/mol. The molecule has 144 valence electrons. The first kappa shape index (κ1) is 18.8. The van der Waals surface area contributed by atoms with Crippen molar-refractivity contribution in [3.63, 3.8) is 0 Å². The molecular weight excluding hydrogens is 386 g/mol. The van der Waals surface area contributed by atoms with E-state index in [0.717, 1.165) is 27.1 Å². The van der Waals surface area contributed by atoms with Gasteiger partial charge in [0.1, 0.15) is 5.75 Å². The second-order valence-electron chi connectivity index (χ2n) is 6.54. The smallest absolute Gasteiger partial charge is 0.275 e. The Kier molecular flexibility index (Phi) is 5.31. The number of rotatable bonds is 5. The third-order valence-corrected chi connectivity index (χ3v) is 5.01. The maximum absolute atomic E-state index is 12.2. The Morgan fingerprint density at radius 2 is 1.76 bits per heavy atom. The van der Waals surface area contributed by atoms with Gasteiger partial charge in [-0.15, -0.1) is 0 Å². The fourth-order valence-electron chi connectivity index (χ4n) is 3.21. The summed E-state index contributed by atoms with van der Waals surface area (Å²) in [5.74, 6) is -0.560. The predicted molar refractivity (Wildman–Crippen MR) is 116 cm³/mol. The molecule has 0 saturated heterocycles. The zero-order chi connectivity index (χ0) is 20.2. The number of aromatic nitrogens is 1. The minimum Gasteiger partial charge on any atom is -0.507 e. The highest BCUT2D eigenvalue weighted by Crippen LogP contribution is 2.23. The van der Waals surface area contributed by atoms with Crippen LogP contribution < -0.4 is 5.43 Å². The van der Waals surface area contributed by atoms with Gasteiger partial charge >= 0.3 is 0 Å². The van der Waals surface area contributed by atoms with E-state index in [-0.39, 0.29) is 11.3 Å². The van der Waals surface area contributed by atoms with Gasteiger partial charge < -0.3 is 9.67 Å². The van der Waals surface area contributed by atoms with Gasteiger partial charge in [0, 0.05) is 34.2 Å². The molecule has 0 radical (unpaired) electrons. The number of phenols is 1. The standard InChI is InChI=1S/C23H18ClN3O2/c24-20-10-4-1-7-16(20)14-27-15-17(18-8-2-5-11-21(18)27)13-25-26-23(29)19-9-3-6-12-22(19)28/h1-13,15,28H,14H2,(H,26,29)/b25-13-. The van der Waals surface area contributed by atoms with Gasteiger partial charge in [0.15, 0.2) is 0 Å². The number of benzene rings is 3. The number of nitrogens with zero attached hydrogens (tertiary/aromatic N) is 2. The van der Waals surface area contributed by atoms with Crippen LogP contribution in [0, 0.1) is 0 Å². The first-order valence-electron chi connectivity index (χ1n) is 9.06. The zero-order valence-corrected chi connectivity index (χ0v) is 16.2. The quantitative estimate of drug-likeness (QED) is 0.371. The van der Waals surface area contributed by atoms with Crippen LogP contribution in [-0.2, 0) is 6.54 Å². The lowest BCUT2D eigenvalue weighted by molar-refractivity contribution is 0.0952. The number of carbonyl (C=O) groups excluding carboxylic acids is 1. The van der Waals surface area contributed by atoms with E-state index in [9.17, 15) is 9.90 Å². The van der Waals surface area contributed by atoms with E-state index >= 15 is 0 Å². The van der Waals surface area contributed by atoms with E-state index < -0.39 is 5.91 Å². The van der Waals surface area contributed by atoms with E-state index in [1.165, 1.54) is 12.1 Å². The van der Waals surface area contributed by atoms with Crippen LogP contribution in [0.15, 0.2) is 84.1 Å². The Labute approximate surface area is 172 Å². The zero-order valence-electron chi connectivity index (χ0n) is 15.4. The number of carbonyl (C=O) groups is 1. The summed E-state index contributed by atoms with van der Waals surface area (Å²) < 4.78 is 2.10. The maximum Gasteiger partial charge on any atom is 0.275 e. The fraction of sp³-hybridized carbons (Fsp3) is 0.0435. The number of halogens is 1. The van der Waals surface area contributed by atoms with E-state index in [0.29, 0.717) is 6.54 Å². The molecule has 3 aromatic carbocycles. The van der Waals surface area contributed by atoms with Gasteiger partial charge in [-0.2, -0.15) is 5.10 Å². The topological polar surface area (TPSA) is 66.6 Å². The molecule has 0 unspecified atom stereocenters. The number of hydrogen-bond donors (Lipinski definition) is 2. The predicted octanol–water partition coefficient (Wildman–Crippen LogP) is 4.81. The third kappa shape index (κ3) is 4.00. The highest BCUT2D eigenvalue weighted by atomic mass is 35.5. The number of phenolic OH excluding ortho intramolecular Hbond substituents is 1. The average molecular weight is 404 g/mol. The first-order valence-corrected chi connectivity index (χ1v) is 9.44. The largest absolute Gasteiger partial charge is 0.507 e. The Morgan fingerprint density at radius 1 is 1.03 bits per heavy atom. The van der Waals surface area contributed by atoms with Crippen molar-refractivity contribution in [2.45, 2.75) is 6.54 Å². The van der Waals surface area contributed by atoms with E-state index in [1.807, 2.05) is 54.7 Å². The molecular formula is C23H18ClN3O2. The lowest BCUT2D eigenvalue weighted by atomic mass is 10.2. The normalized spacial score (nSPS) is 11.2. The van der Waals surface area contributed by atoms with Crippen molar-refractivity contribution >= 4 is 34.6 Å². The maximum atomic E-state index is 12.2.